The van der Waals surface area contributed by atoms with Gasteiger partial charge in [-0.25, -0.2) is 0 Å². The molecule has 1 aromatic carbocycles. The van der Waals surface area contributed by atoms with Crippen LogP contribution in [0.5, 0.6) is 0 Å². The van der Waals surface area contributed by atoms with Crippen LogP contribution < -0.4 is 10.6 Å². The molecule has 1 aliphatic rings. The van der Waals surface area contributed by atoms with E-state index in [1.54, 1.807) is 0 Å². The molecule has 2 nitrogen and oxygen atoms in total. The Hall–Kier alpha value is -0.730. The van der Waals surface area contributed by atoms with E-state index < -0.39 is 0 Å². The number of hydrogen-bond acceptors (Lipinski definition) is 2. The van der Waals surface area contributed by atoms with Crippen LogP contribution in [0.1, 0.15) is 30.9 Å². The molecule has 0 bridgehead atoms. The maximum absolute atomic E-state index is 5.84. The Morgan fingerprint density at radius 1 is 1.29 bits per heavy atom. The lowest BCUT2D eigenvalue weighted by Crippen LogP contribution is -2.20. The monoisotopic (exact) mass is 254 g/mol. The van der Waals surface area contributed by atoms with Crippen LogP contribution in [0, 0.1) is 6.92 Å². The molecule has 0 radical (unpaired) electrons. The quantitative estimate of drug-likeness (QED) is 0.899. The Kier molecular flexibility index (Phi) is 5.29. The lowest BCUT2D eigenvalue weighted by Gasteiger charge is -2.19. The molecule has 1 heterocycles. The van der Waals surface area contributed by atoms with Gasteiger partial charge in [-0.15, -0.1) is 12.4 Å². The van der Waals surface area contributed by atoms with Gasteiger partial charge in [-0.2, -0.15) is 0 Å². The Morgan fingerprint density at radius 3 is 2.47 bits per heavy atom. The molecule has 0 spiro atoms. The van der Waals surface area contributed by atoms with E-state index in [1.807, 2.05) is 0 Å². The van der Waals surface area contributed by atoms with Crippen molar-refractivity contribution in [1.82, 2.24) is 0 Å². The summed E-state index contributed by atoms with van der Waals surface area (Å²) < 4.78 is 0. The molecule has 0 aromatic heterocycles. The summed E-state index contributed by atoms with van der Waals surface area (Å²) in [7, 11) is 0. The van der Waals surface area contributed by atoms with Gasteiger partial charge in [0.05, 0.1) is 0 Å². The fourth-order valence-corrected chi connectivity index (χ4v) is 2.43. The summed E-state index contributed by atoms with van der Waals surface area (Å²) in [4.78, 5) is 2.47. The highest BCUT2D eigenvalue weighted by molar-refractivity contribution is 5.85. The summed E-state index contributed by atoms with van der Waals surface area (Å²) in [6, 6.07) is 7.04. The van der Waals surface area contributed by atoms with Gasteiger partial charge in [0.2, 0.25) is 0 Å². The molecule has 96 valence electrons. The van der Waals surface area contributed by atoms with E-state index in [9.17, 15) is 0 Å². The van der Waals surface area contributed by atoms with Crippen LogP contribution in [-0.4, -0.2) is 19.1 Å². The largest absolute Gasteiger partial charge is 0.372 e. The third-order valence-electron chi connectivity index (χ3n) is 3.34. The number of hydrogen-bond donors (Lipinski definition) is 1. The van der Waals surface area contributed by atoms with Gasteiger partial charge in [0.15, 0.2) is 0 Å². The summed E-state index contributed by atoms with van der Waals surface area (Å²) >= 11 is 0. The van der Waals surface area contributed by atoms with E-state index in [-0.39, 0.29) is 18.4 Å². The van der Waals surface area contributed by atoms with E-state index in [4.69, 9.17) is 5.73 Å². The first kappa shape index (κ1) is 14.3. The highest BCUT2D eigenvalue weighted by Gasteiger charge is 2.13. The number of nitrogens with two attached hydrogens (primary N) is 1. The van der Waals surface area contributed by atoms with Crippen LogP contribution in [0.15, 0.2) is 18.2 Å². The second-order valence-corrected chi connectivity index (χ2v) is 4.99. The summed E-state index contributed by atoms with van der Waals surface area (Å²) in [6.45, 7) is 6.68. The number of nitrogens with zero attached hydrogens (tertiary/aromatic N) is 1. The van der Waals surface area contributed by atoms with Crippen molar-refractivity contribution < 1.29 is 0 Å². The zero-order valence-electron chi connectivity index (χ0n) is 10.8. The zero-order valence-corrected chi connectivity index (χ0v) is 11.6. The molecule has 2 rings (SSSR count). The minimum atomic E-state index is 0. The predicted octanol–water partition coefficient (Wildman–Crippen LogP) is 2.91. The summed E-state index contributed by atoms with van der Waals surface area (Å²) in [6.07, 6.45) is 3.65. The summed E-state index contributed by atoms with van der Waals surface area (Å²) in [5.41, 5.74) is 9.98. The number of anilines is 1. The number of rotatable bonds is 3. The first-order valence-corrected chi connectivity index (χ1v) is 6.27. The van der Waals surface area contributed by atoms with Gasteiger partial charge < -0.3 is 10.6 Å². The fourth-order valence-electron chi connectivity index (χ4n) is 2.43. The van der Waals surface area contributed by atoms with Gasteiger partial charge in [0.1, 0.15) is 0 Å². The van der Waals surface area contributed by atoms with Crippen LogP contribution in [0.2, 0.25) is 0 Å². The van der Waals surface area contributed by atoms with Crippen LogP contribution >= 0.6 is 12.4 Å². The summed E-state index contributed by atoms with van der Waals surface area (Å²) in [5, 5.41) is 0. The third-order valence-corrected chi connectivity index (χ3v) is 3.34. The molecule has 17 heavy (non-hydrogen) atoms. The van der Waals surface area contributed by atoms with E-state index >= 15 is 0 Å². The Labute approximate surface area is 111 Å². The van der Waals surface area contributed by atoms with Crippen molar-refractivity contribution in [2.75, 3.05) is 18.0 Å². The lowest BCUT2D eigenvalue weighted by molar-refractivity contribution is 0.734. The number of halogens is 1. The van der Waals surface area contributed by atoms with Crippen molar-refractivity contribution in [2.24, 2.45) is 5.73 Å². The highest BCUT2D eigenvalue weighted by atomic mass is 35.5. The average Bonchev–Trinajstić information content (AvgIpc) is 2.73. The smallest absolute Gasteiger partial charge is 0.0369 e. The first-order valence-electron chi connectivity index (χ1n) is 6.27. The van der Waals surface area contributed by atoms with Gasteiger partial charge in [-0.05, 0) is 56.4 Å². The maximum Gasteiger partial charge on any atom is 0.0369 e. The fraction of sp³-hybridized carbons (Fsp3) is 0.571. The second kappa shape index (κ2) is 6.27. The lowest BCUT2D eigenvalue weighted by atomic mass is 10.0. The number of benzene rings is 1. The van der Waals surface area contributed by atoms with Crippen LogP contribution in [0.4, 0.5) is 5.69 Å². The normalized spacial score (nSPS) is 16.8. The molecule has 0 saturated carbocycles. The molecular formula is C14H23ClN2. The predicted molar refractivity (Wildman–Crippen MR) is 77.2 cm³/mol. The number of aryl methyl sites for hydroxylation is 1. The third kappa shape index (κ3) is 3.62. The molecule has 1 unspecified atom stereocenters. The van der Waals surface area contributed by atoms with Crippen LogP contribution in [0.25, 0.3) is 0 Å². The Morgan fingerprint density at radius 2 is 1.94 bits per heavy atom. The molecule has 1 aromatic rings. The van der Waals surface area contributed by atoms with Crippen molar-refractivity contribution in [2.45, 2.75) is 39.2 Å². The standard InChI is InChI=1S/C14H22N2.ClH/c1-11-9-14(16-7-3-4-8-16)6-5-13(11)10-12(2)15;/h5-6,9,12H,3-4,7-8,10,15H2,1-2H3;1H. The van der Waals surface area contributed by atoms with E-state index in [0.717, 1.165) is 6.42 Å². The SMILES string of the molecule is Cc1cc(N2CCCC2)ccc1CC(C)N.Cl. The van der Waals surface area contributed by atoms with Crippen molar-refractivity contribution in [3.8, 4) is 0 Å². The van der Waals surface area contributed by atoms with Gasteiger partial charge in [0, 0.05) is 24.8 Å². The van der Waals surface area contributed by atoms with Gasteiger partial charge in [0.25, 0.3) is 0 Å². The van der Waals surface area contributed by atoms with Crippen LogP contribution in [-0.2, 0) is 6.42 Å². The minimum absolute atomic E-state index is 0. The molecule has 2 N–H and O–H groups in total. The Bertz CT molecular complexity index is 357. The van der Waals surface area contributed by atoms with Crippen molar-refractivity contribution in [3.63, 3.8) is 0 Å². The maximum atomic E-state index is 5.84. The molecule has 1 aliphatic heterocycles. The second-order valence-electron chi connectivity index (χ2n) is 4.99. The molecule has 0 amide bonds. The van der Waals surface area contributed by atoms with Crippen LogP contribution in [0.3, 0.4) is 0 Å². The van der Waals surface area contributed by atoms with E-state index in [0.29, 0.717) is 0 Å². The Balaban J connectivity index is 0.00000144. The van der Waals surface area contributed by atoms with E-state index in [2.05, 4.69) is 36.9 Å². The van der Waals surface area contributed by atoms with Crippen molar-refractivity contribution in [3.05, 3.63) is 29.3 Å². The van der Waals surface area contributed by atoms with Crippen molar-refractivity contribution in [1.29, 1.82) is 0 Å². The molecule has 1 saturated heterocycles. The molecule has 1 atom stereocenters. The summed E-state index contributed by atoms with van der Waals surface area (Å²) in [5.74, 6) is 0. The average molecular weight is 255 g/mol. The highest BCUT2D eigenvalue weighted by Crippen LogP contribution is 2.23. The molecule has 0 aliphatic carbocycles. The zero-order chi connectivity index (χ0) is 11.5. The molecule has 3 heteroatoms. The first-order chi connectivity index (χ1) is 7.66. The van der Waals surface area contributed by atoms with Crippen molar-refractivity contribution >= 4 is 18.1 Å². The molecular weight excluding hydrogens is 232 g/mol. The van der Waals surface area contributed by atoms with Gasteiger partial charge >= 0.3 is 0 Å². The van der Waals surface area contributed by atoms with Gasteiger partial charge in [-0.1, -0.05) is 6.07 Å². The molecule has 1 fully saturated rings. The van der Waals surface area contributed by atoms with E-state index in [1.165, 1.54) is 42.7 Å². The topological polar surface area (TPSA) is 29.3 Å². The minimum Gasteiger partial charge on any atom is -0.372 e. The van der Waals surface area contributed by atoms with Gasteiger partial charge in [-0.3, -0.25) is 0 Å².